The van der Waals surface area contributed by atoms with E-state index in [9.17, 15) is 13.2 Å². The molecule has 1 aromatic carbocycles. The lowest BCUT2D eigenvalue weighted by atomic mass is 10.1. The molecular formula is C18H19ClN6O3S. The van der Waals surface area contributed by atoms with Crippen LogP contribution in [0.4, 0.5) is 5.82 Å². The standard InChI is InChI=1S/C18H19ClN6O3S/c19-14-9-3-1-2-4-11(9)24-15(14)16-17(18(21)26)22-7-13(25-16)23-12-8-29(27,28)6-5-10(12)20/h1-4,7,10,12,24H,5-6,8,20H2,(H2,21,26)(H,23,25)/t10-,12+/m0/s1. The maximum absolute atomic E-state index is 12.0. The number of benzene rings is 1. The molecule has 2 atom stereocenters. The number of aromatic amines is 1. The zero-order valence-electron chi connectivity index (χ0n) is 15.2. The van der Waals surface area contributed by atoms with Crippen molar-refractivity contribution in [2.45, 2.75) is 18.5 Å². The molecule has 9 nitrogen and oxygen atoms in total. The molecule has 1 amide bonds. The topological polar surface area (TPSA) is 157 Å². The van der Waals surface area contributed by atoms with E-state index < -0.39 is 21.8 Å². The number of nitrogens with zero attached hydrogens (tertiary/aromatic N) is 2. The van der Waals surface area contributed by atoms with E-state index in [2.05, 4.69) is 20.3 Å². The Morgan fingerprint density at radius 2 is 2.07 bits per heavy atom. The number of hydrogen-bond donors (Lipinski definition) is 4. The summed E-state index contributed by atoms with van der Waals surface area (Å²) in [6.07, 6.45) is 1.68. The Morgan fingerprint density at radius 1 is 1.31 bits per heavy atom. The molecule has 152 valence electrons. The van der Waals surface area contributed by atoms with Gasteiger partial charge in [-0.25, -0.2) is 18.4 Å². The first-order chi connectivity index (χ1) is 13.7. The van der Waals surface area contributed by atoms with Crippen LogP contribution in [-0.4, -0.2) is 52.9 Å². The van der Waals surface area contributed by atoms with Gasteiger partial charge in [0.05, 0.1) is 34.5 Å². The Hall–Kier alpha value is -2.69. The second kappa shape index (κ2) is 7.29. The van der Waals surface area contributed by atoms with E-state index in [-0.39, 0.29) is 34.8 Å². The number of para-hydroxylation sites is 1. The summed E-state index contributed by atoms with van der Waals surface area (Å²) in [5, 5.41) is 4.17. The predicted octanol–water partition coefficient (Wildman–Crippen LogP) is 1.30. The molecule has 0 spiro atoms. The number of rotatable bonds is 4. The molecule has 2 aromatic heterocycles. The summed E-state index contributed by atoms with van der Waals surface area (Å²) in [6, 6.07) is 6.50. The third-order valence-electron chi connectivity index (χ3n) is 4.93. The van der Waals surface area contributed by atoms with Crippen molar-refractivity contribution in [3.63, 3.8) is 0 Å². The number of hydrogen-bond acceptors (Lipinski definition) is 7. The maximum atomic E-state index is 12.0. The van der Waals surface area contributed by atoms with Crippen LogP contribution in [0.25, 0.3) is 22.3 Å². The summed E-state index contributed by atoms with van der Waals surface area (Å²) in [5.41, 5.74) is 12.8. The Morgan fingerprint density at radius 3 is 2.79 bits per heavy atom. The summed E-state index contributed by atoms with van der Waals surface area (Å²) in [4.78, 5) is 23.6. The van der Waals surface area contributed by atoms with E-state index in [4.69, 9.17) is 23.1 Å². The number of amides is 1. The van der Waals surface area contributed by atoms with Gasteiger partial charge in [0.1, 0.15) is 11.5 Å². The molecule has 0 saturated carbocycles. The zero-order valence-corrected chi connectivity index (χ0v) is 16.8. The smallest absolute Gasteiger partial charge is 0.269 e. The first-order valence-corrected chi connectivity index (χ1v) is 11.1. The van der Waals surface area contributed by atoms with Gasteiger partial charge in [0, 0.05) is 16.9 Å². The summed E-state index contributed by atoms with van der Waals surface area (Å²) in [6.45, 7) is 0. The highest BCUT2D eigenvalue weighted by atomic mass is 35.5. The van der Waals surface area contributed by atoms with E-state index in [0.717, 1.165) is 10.9 Å². The minimum Gasteiger partial charge on any atom is -0.364 e. The monoisotopic (exact) mass is 434 g/mol. The molecule has 0 radical (unpaired) electrons. The van der Waals surface area contributed by atoms with Crippen molar-refractivity contribution in [3.8, 4) is 11.4 Å². The van der Waals surface area contributed by atoms with E-state index >= 15 is 0 Å². The van der Waals surface area contributed by atoms with Crippen molar-refractivity contribution in [2.75, 3.05) is 16.8 Å². The number of nitrogens with two attached hydrogens (primary N) is 2. The number of carbonyl (C=O) groups excluding carboxylic acids is 1. The third-order valence-corrected chi connectivity index (χ3v) is 7.05. The third kappa shape index (κ3) is 3.78. The van der Waals surface area contributed by atoms with E-state index in [1.165, 1.54) is 6.20 Å². The van der Waals surface area contributed by atoms with Crippen molar-refractivity contribution < 1.29 is 13.2 Å². The quantitative estimate of drug-likeness (QED) is 0.481. The highest BCUT2D eigenvalue weighted by molar-refractivity contribution is 7.91. The fourth-order valence-electron chi connectivity index (χ4n) is 3.42. The highest BCUT2D eigenvalue weighted by Gasteiger charge is 2.31. The average Bonchev–Trinajstić information content (AvgIpc) is 3.01. The van der Waals surface area contributed by atoms with Crippen LogP contribution in [0.5, 0.6) is 0 Å². The number of H-pyrrole nitrogens is 1. The van der Waals surface area contributed by atoms with Gasteiger partial charge >= 0.3 is 0 Å². The summed E-state index contributed by atoms with van der Waals surface area (Å²) in [7, 11) is -3.18. The molecule has 0 unspecified atom stereocenters. The van der Waals surface area contributed by atoms with Gasteiger partial charge in [0.15, 0.2) is 15.5 Å². The second-order valence-electron chi connectivity index (χ2n) is 6.99. The Balaban J connectivity index is 1.77. The fourth-order valence-corrected chi connectivity index (χ4v) is 5.40. The molecule has 29 heavy (non-hydrogen) atoms. The lowest BCUT2D eigenvalue weighted by Crippen LogP contribution is -2.50. The van der Waals surface area contributed by atoms with Gasteiger partial charge in [-0.3, -0.25) is 4.79 Å². The number of nitrogens with one attached hydrogen (secondary N) is 2. The molecule has 1 aliphatic rings. The van der Waals surface area contributed by atoms with Crippen molar-refractivity contribution in [1.82, 2.24) is 15.0 Å². The van der Waals surface area contributed by atoms with Gasteiger partial charge in [-0.15, -0.1) is 0 Å². The summed E-state index contributed by atoms with van der Waals surface area (Å²) >= 11 is 6.50. The van der Waals surface area contributed by atoms with Gasteiger partial charge in [-0.1, -0.05) is 29.8 Å². The fraction of sp³-hybridized carbons (Fsp3) is 0.278. The molecule has 1 saturated heterocycles. The number of halogens is 1. The molecule has 3 heterocycles. The molecular weight excluding hydrogens is 416 g/mol. The van der Waals surface area contributed by atoms with Crippen LogP contribution in [0.1, 0.15) is 16.9 Å². The van der Waals surface area contributed by atoms with E-state index in [1.54, 1.807) is 0 Å². The minimum atomic E-state index is -3.18. The zero-order chi connectivity index (χ0) is 20.8. The maximum Gasteiger partial charge on any atom is 0.269 e. The lowest BCUT2D eigenvalue weighted by Gasteiger charge is -2.29. The highest BCUT2D eigenvalue weighted by Crippen LogP contribution is 2.35. The largest absolute Gasteiger partial charge is 0.364 e. The number of anilines is 1. The molecule has 1 aliphatic heterocycles. The first kappa shape index (κ1) is 19.6. The normalized spacial score (nSPS) is 21.2. The molecule has 1 fully saturated rings. The second-order valence-corrected chi connectivity index (χ2v) is 9.60. The van der Waals surface area contributed by atoms with Gasteiger partial charge in [0.25, 0.3) is 5.91 Å². The minimum absolute atomic E-state index is 0.0513. The number of carbonyl (C=O) groups is 1. The Kier molecular flexibility index (Phi) is 4.93. The predicted molar refractivity (Wildman–Crippen MR) is 112 cm³/mol. The van der Waals surface area contributed by atoms with Gasteiger partial charge < -0.3 is 21.8 Å². The van der Waals surface area contributed by atoms with Gasteiger partial charge in [-0.2, -0.15) is 0 Å². The number of aromatic nitrogens is 3. The van der Waals surface area contributed by atoms with Crippen LogP contribution in [0.3, 0.4) is 0 Å². The molecule has 0 aliphatic carbocycles. The van der Waals surface area contributed by atoms with Crippen molar-refractivity contribution >= 4 is 44.1 Å². The van der Waals surface area contributed by atoms with Crippen LogP contribution < -0.4 is 16.8 Å². The molecule has 4 rings (SSSR count). The van der Waals surface area contributed by atoms with Crippen LogP contribution in [0.2, 0.25) is 5.02 Å². The van der Waals surface area contributed by atoms with E-state index in [1.807, 2.05) is 24.3 Å². The Labute approximate surface area is 171 Å². The summed E-state index contributed by atoms with van der Waals surface area (Å²) < 4.78 is 23.9. The van der Waals surface area contributed by atoms with Gasteiger partial charge in [0.2, 0.25) is 0 Å². The van der Waals surface area contributed by atoms with Gasteiger partial charge in [-0.05, 0) is 12.5 Å². The lowest BCUT2D eigenvalue weighted by molar-refractivity contribution is 0.0996. The van der Waals surface area contributed by atoms with Crippen LogP contribution in [-0.2, 0) is 9.84 Å². The SMILES string of the molecule is NC(=O)c1ncc(N[C@@H]2CS(=O)(=O)CC[C@@H]2N)nc1-c1[nH]c2ccccc2c1Cl. The van der Waals surface area contributed by atoms with Crippen molar-refractivity contribution in [1.29, 1.82) is 0 Å². The number of primary amides is 1. The molecule has 0 bridgehead atoms. The van der Waals surface area contributed by atoms with Crippen LogP contribution in [0.15, 0.2) is 30.5 Å². The van der Waals surface area contributed by atoms with Crippen LogP contribution in [0, 0.1) is 0 Å². The van der Waals surface area contributed by atoms with Crippen LogP contribution >= 0.6 is 11.6 Å². The molecule has 3 aromatic rings. The Bertz CT molecular complexity index is 1210. The number of sulfone groups is 1. The van der Waals surface area contributed by atoms with Crippen molar-refractivity contribution in [2.24, 2.45) is 11.5 Å². The summed E-state index contributed by atoms with van der Waals surface area (Å²) in [5.74, 6) is -0.521. The van der Waals surface area contributed by atoms with Crippen molar-refractivity contribution in [3.05, 3.63) is 41.2 Å². The van der Waals surface area contributed by atoms with E-state index in [0.29, 0.717) is 17.1 Å². The number of fused-ring (bicyclic) bond motifs is 1. The first-order valence-electron chi connectivity index (χ1n) is 8.91. The average molecular weight is 435 g/mol. The molecule has 11 heteroatoms. The molecule has 6 N–H and O–H groups in total.